The first-order valence-corrected chi connectivity index (χ1v) is 5.94. The van der Waals surface area contributed by atoms with Gasteiger partial charge >= 0.3 is 0 Å². The van der Waals surface area contributed by atoms with Gasteiger partial charge in [-0.15, -0.1) is 0 Å². The molecule has 0 saturated carbocycles. The largest absolute Gasteiger partial charge is 0.368 e. The van der Waals surface area contributed by atoms with E-state index in [4.69, 9.17) is 17.3 Å². The molecule has 1 fully saturated rings. The topological polar surface area (TPSA) is 63.4 Å². The monoisotopic (exact) mass is 270 g/mol. The van der Waals surface area contributed by atoms with Crippen molar-refractivity contribution in [3.05, 3.63) is 34.6 Å². The first-order valence-electron chi connectivity index (χ1n) is 5.56. The summed E-state index contributed by atoms with van der Waals surface area (Å²) in [5.41, 5.74) is 5.13. The minimum Gasteiger partial charge on any atom is -0.368 e. The molecular weight excluding hydrogens is 259 g/mol. The van der Waals surface area contributed by atoms with Gasteiger partial charge in [0.25, 0.3) is 5.91 Å². The Balaban J connectivity index is 2.28. The average molecular weight is 271 g/mol. The molecule has 0 aliphatic carbocycles. The van der Waals surface area contributed by atoms with E-state index < -0.39 is 23.7 Å². The number of nitrogens with two attached hydrogens (primary N) is 1. The highest BCUT2D eigenvalue weighted by molar-refractivity contribution is 6.30. The van der Waals surface area contributed by atoms with Gasteiger partial charge in [-0.2, -0.15) is 0 Å². The van der Waals surface area contributed by atoms with Crippen LogP contribution in [0.4, 0.5) is 4.39 Å². The molecule has 96 valence electrons. The molecule has 1 atom stereocenters. The molecule has 2 N–H and O–H groups in total. The molecule has 1 aliphatic rings. The standard InChI is InChI=1S/C12H12ClFN2O2/c13-7-3-4-8(9(14)6-7)12(18)16-5-1-2-10(16)11(15)17/h3-4,6,10H,1-2,5H2,(H2,15,17). The molecule has 0 aromatic heterocycles. The maximum absolute atomic E-state index is 13.6. The van der Waals surface area contributed by atoms with Gasteiger partial charge < -0.3 is 10.6 Å². The maximum Gasteiger partial charge on any atom is 0.257 e. The number of nitrogens with zero attached hydrogens (tertiary/aromatic N) is 1. The Hall–Kier alpha value is -1.62. The SMILES string of the molecule is NC(=O)C1CCCN1C(=O)c1ccc(Cl)cc1F. The van der Waals surface area contributed by atoms with Crippen molar-refractivity contribution in [2.75, 3.05) is 6.54 Å². The second-order valence-corrected chi connectivity index (χ2v) is 4.62. The molecule has 1 aliphatic heterocycles. The van der Waals surface area contributed by atoms with Crippen LogP contribution in [0, 0.1) is 5.82 Å². The van der Waals surface area contributed by atoms with Crippen molar-refractivity contribution in [2.45, 2.75) is 18.9 Å². The zero-order chi connectivity index (χ0) is 13.3. The van der Waals surface area contributed by atoms with Crippen molar-refractivity contribution in [3.8, 4) is 0 Å². The van der Waals surface area contributed by atoms with Crippen molar-refractivity contribution >= 4 is 23.4 Å². The average Bonchev–Trinajstić information content (AvgIpc) is 2.77. The molecular formula is C12H12ClFN2O2. The Bertz CT molecular complexity index is 507. The summed E-state index contributed by atoms with van der Waals surface area (Å²) in [6, 6.07) is 3.18. The van der Waals surface area contributed by atoms with E-state index in [9.17, 15) is 14.0 Å². The number of rotatable bonds is 2. The fourth-order valence-corrected chi connectivity index (χ4v) is 2.28. The van der Waals surface area contributed by atoms with Crippen LogP contribution in [-0.4, -0.2) is 29.3 Å². The summed E-state index contributed by atoms with van der Waals surface area (Å²) >= 11 is 5.62. The third-order valence-corrected chi connectivity index (χ3v) is 3.24. The number of amides is 2. The van der Waals surface area contributed by atoms with E-state index in [2.05, 4.69) is 0 Å². The number of hydrogen-bond donors (Lipinski definition) is 1. The summed E-state index contributed by atoms with van der Waals surface area (Å²) in [7, 11) is 0. The zero-order valence-electron chi connectivity index (χ0n) is 9.53. The molecule has 1 saturated heterocycles. The lowest BCUT2D eigenvalue weighted by Gasteiger charge is -2.22. The van der Waals surface area contributed by atoms with Crippen LogP contribution in [0.2, 0.25) is 5.02 Å². The number of carbonyl (C=O) groups is 2. The fraction of sp³-hybridized carbons (Fsp3) is 0.333. The first-order chi connectivity index (χ1) is 8.50. The van der Waals surface area contributed by atoms with E-state index in [0.717, 1.165) is 6.07 Å². The van der Waals surface area contributed by atoms with Crippen LogP contribution < -0.4 is 5.73 Å². The molecule has 1 aromatic carbocycles. The second-order valence-electron chi connectivity index (χ2n) is 4.18. The molecule has 1 aromatic rings. The minimum absolute atomic E-state index is 0.0902. The third kappa shape index (κ3) is 2.31. The van der Waals surface area contributed by atoms with E-state index in [1.54, 1.807) is 0 Å². The van der Waals surface area contributed by atoms with E-state index in [1.165, 1.54) is 17.0 Å². The van der Waals surface area contributed by atoms with Crippen LogP contribution in [-0.2, 0) is 4.79 Å². The summed E-state index contributed by atoms with van der Waals surface area (Å²) < 4.78 is 13.6. The summed E-state index contributed by atoms with van der Waals surface area (Å²) in [4.78, 5) is 24.6. The van der Waals surface area contributed by atoms with E-state index >= 15 is 0 Å². The normalized spacial score (nSPS) is 19.0. The zero-order valence-corrected chi connectivity index (χ0v) is 10.3. The van der Waals surface area contributed by atoms with Crippen LogP contribution in [0.3, 0.4) is 0 Å². The molecule has 2 amide bonds. The second kappa shape index (κ2) is 4.94. The van der Waals surface area contributed by atoms with E-state index in [1.807, 2.05) is 0 Å². The molecule has 6 heteroatoms. The number of hydrogen-bond acceptors (Lipinski definition) is 2. The van der Waals surface area contributed by atoms with E-state index in [0.29, 0.717) is 19.4 Å². The highest BCUT2D eigenvalue weighted by atomic mass is 35.5. The van der Waals surface area contributed by atoms with Crippen molar-refractivity contribution < 1.29 is 14.0 Å². The van der Waals surface area contributed by atoms with Crippen LogP contribution in [0.1, 0.15) is 23.2 Å². The maximum atomic E-state index is 13.6. The van der Waals surface area contributed by atoms with E-state index in [-0.39, 0.29) is 10.6 Å². The third-order valence-electron chi connectivity index (χ3n) is 3.00. The van der Waals surface area contributed by atoms with Gasteiger partial charge in [-0.05, 0) is 31.0 Å². The molecule has 2 rings (SSSR count). The molecule has 0 bridgehead atoms. The van der Waals surface area contributed by atoms with Gasteiger partial charge in [0.15, 0.2) is 0 Å². The fourth-order valence-electron chi connectivity index (χ4n) is 2.12. The summed E-state index contributed by atoms with van der Waals surface area (Å²) in [6.45, 7) is 0.411. The minimum atomic E-state index is -0.692. The van der Waals surface area contributed by atoms with Gasteiger partial charge in [-0.3, -0.25) is 9.59 Å². The Morgan fingerprint density at radius 3 is 2.78 bits per heavy atom. The molecule has 4 nitrogen and oxygen atoms in total. The highest BCUT2D eigenvalue weighted by Crippen LogP contribution is 2.22. The number of carbonyl (C=O) groups excluding carboxylic acids is 2. The number of benzene rings is 1. The molecule has 1 unspecified atom stereocenters. The summed E-state index contributed by atoms with van der Waals surface area (Å²) in [5.74, 6) is -1.77. The van der Waals surface area contributed by atoms with Gasteiger partial charge in [-0.1, -0.05) is 11.6 Å². The Kier molecular flexibility index (Phi) is 3.52. The van der Waals surface area contributed by atoms with Gasteiger partial charge in [0.05, 0.1) is 5.56 Å². The summed E-state index contributed by atoms with van der Waals surface area (Å²) in [6.07, 6.45) is 1.21. The summed E-state index contributed by atoms with van der Waals surface area (Å²) in [5, 5.41) is 0.219. The van der Waals surface area contributed by atoms with Crippen molar-refractivity contribution in [3.63, 3.8) is 0 Å². The highest BCUT2D eigenvalue weighted by Gasteiger charge is 2.34. The van der Waals surface area contributed by atoms with Crippen molar-refractivity contribution in [1.29, 1.82) is 0 Å². The van der Waals surface area contributed by atoms with Gasteiger partial charge in [0.1, 0.15) is 11.9 Å². The molecule has 1 heterocycles. The Morgan fingerprint density at radius 2 is 2.17 bits per heavy atom. The van der Waals surface area contributed by atoms with Crippen molar-refractivity contribution in [2.24, 2.45) is 5.73 Å². The van der Waals surface area contributed by atoms with Gasteiger partial charge in [0, 0.05) is 11.6 Å². The van der Waals surface area contributed by atoms with Crippen LogP contribution in [0.5, 0.6) is 0 Å². The number of likely N-dealkylation sites (tertiary alicyclic amines) is 1. The quantitative estimate of drug-likeness (QED) is 0.887. The smallest absolute Gasteiger partial charge is 0.257 e. The lowest BCUT2D eigenvalue weighted by molar-refractivity contribution is -0.121. The Labute approximate surface area is 109 Å². The molecule has 18 heavy (non-hydrogen) atoms. The van der Waals surface area contributed by atoms with Gasteiger partial charge in [-0.25, -0.2) is 4.39 Å². The van der Waals surface area contributed by atoms with Crippen LogP contribution in [0.25, 0.3) is 0 Å². The lowest BCUT2D eigenvalue weighted by Crippen LogP contribution is -2.43. The van der Waals surface area contributed by atoms with Crippen LogP contribution >= 0.6 is 11.6 Å². The molecule has 0 spiro atoms. The number of primary amides is 1. The molecule has 0 radical (unpaired) electrons. The van der Waals surface area contributed by atoms with Crippen LogP contribution in [0.15, 0.2) is 18.2 Å². The van der Waals surface area contributed by atoms with Gasteiger partial charge in [0.2, 0.25) is 5.91 Å². The first kappa shape index (κ1) is 12.8. The number of halogens is 2. The lowest BCUT2D eigenvalue weighted by atomic mass is 10.1. The predicted octanol–water partition coefficient (Wildman–Crippen LogP) is 1.57. The Morgan fingerprint density at radius 1 is 1.44 bits per heavy atom. The van der Waals surface area contributed by atoms with Crippen molar-refractivity contribution in [1.82, 2.24) is 4.90 Å². The predicted molar refractivity (Wildman–Crippen MR) is 64.7 cm³/mol.